The number of aromatic nitrogens is 2. The van der Waals surface area contributed by atoms with Crippen LogP contribution in [0.1, 0.15) is 60.7 Å². The molecule has 1 N–H and O–H groups in total. The van der Waals surface area contributed by atoms with Crippen LogP contribution in [0.4, 0.5) is 0 Å². The van der Waals surface area contributed by atoms with Gasteiger partial charge in [0.2, 0.25) is 0 Å². The summed E-state index contributed by atoms with van der Waals surface area (Å²) in [5.74, 6) is 3.02. The number of hydrogen-bond donors (Lipinski definition) is 1. The number of ether oxygens (including phenoxy) is 1. The van der Waals surface area contributed by atoms with Crippen LogP contribution in [0.5, 0.6) is 11.5 Å². The fourth-order valence-electron chi connectivity index (χ4n) is 4.75. The molecule has 0 atom stereocenters. The topological polar surface area (TPSA) is 58.2 Å². The van der Waals surface area contributed by atoms with E-state index in [9.17, 15) is 4.79 Å². The molecule has 2 aliphatic rings. The van der Waals surface area contributed by atoms with E-state index in [4.69, 9.17) is 9.72 Å². The number of rotatable bonds is 5. The lowest BCUT2D eigenvalue weighted by molar-refractivity contribution is 0.241. The van der Waals surface area contributed by atoms with E-state index < -0.39 is 0 Å². The number of H-pyrrole nitrogens is 1. The molecule has 1 fully saturated rings. The van der Waals surface area contributed by atoms with Gasteiger partial charge in [0.25, 0.3) is 5.56 Å². The highest BCUT2D eigenvalue weighted by atomic mass is 16.5. The molecular weight excluding hydrogens is 386 g/mol. The average Bonchev–Trinajstić information content (AvgIpc) is 2.82. The lowest BCUT2D eigenvalue weighted by Gasteiger charge is -2.29. The second kappa shape index (κ2) is 9.06. The van der Waals surface area contributed by atoms with Gasteiger partial charge in [-0.05, 0) is 42.7 Å². The third kappa shape index (κ3) is 4.72. The van der Waals surface area contributed by atoms with Gasteiger partial charge in [-0.25, -0.2) is 4.98 Å². The van der Waals surface area contributed by atoms with Crippen LogP contribution in [0.2, 0.25) is 0 Å². The summed E-state index contributed by atoms with van der Waals surface area (Å²) in [5.41, 5.74) is 3.12. The molecular formula is C26H29N3O2. The molecule has 5 rings (SSSR count). The molecule has 5 nitrogen and oxygen atoms in total. The molecule has 1 aliphatic heterocycles. The predicted octanol–water partition coefficient (Wildman–Crippen LogP) is 5.17. The van der Waals surface area contributed by atoms with E-state index in [1.165, 1.54) is 24.8 Å². The number of nitrogens with one attached hydrogen (secondary N) is 1. The molecule has 2 aromatic carbocycles. The standard InChI is InChI=1S/C26H29N3O2/c30-26-23-18-29(16-15-24(23)27-25(28-26)20-7-3-1-4-8-20)17-19-11-13-22(14-12-19)31-21-9-5-2-6-10-21/h2,5-6,9-14,20H,1,3-4,7-8,15-18H2,(H,27,28,30). The Bertz CT molecular complexity index is 1070. The maximum atomic E-state index is 12.8. The SMILES string of the molecule is O=c1[nH]c(C2CCCCC2)nc2c1CN(Cc1ccc(Oc3ccccc3)cc1)CC2. The van der Waals surface area contributed by atoms with Gasteiger partial charge in [0.1, 0.15) is 17.3 Å². The Labute approximate surface area is 183 Å². The summed E-state index contributed by atoms with van der Waals surface area (Å²) in [5, 5.41) is 0. The van der Waals surface area contributed by atoms with Crippen molar-refractivity contribution in [2.75, 3.05) is 6.54 Å². The molecule has 1 aliphatic carbocycles. The summed E-state index contributed by atoms with van der Waals surface area (Å²) >= 11 is 0. The van der Waals surface area contributed by atoms with Crippen LogP contribution >= 0.6 is 0 Å². The molecule has 0 spiro atoms. The minimum Gasteiger partial charge on any atom is -0.457 e. The van der Waals surface area contributed by atoms with Crippen LogP contribution in [0.3, 0.4) is 0 Å². The number of hydrogen-bond acceptors (Lipinski definition) is 4. The second-order valence-corrected chi connectivity index (χ2v) is 8.73. The monoisotopic (exact) mass is 415 g/mol. The van der Waals surface area contributed by atoms with E-state index >= 15 is 0 Å². The van der Waals surface area contributed by atoms with Crippen molar-refractivity contribution < 1.29 is 4.74 Å². The lowest BCUT2D eigenvalue weighted by Crippen LogP contribution is -2.36. The first-order valence-corrected chi connectivity index (χ1v) is 11.4. The van der Waals surface area contributed by atoms with Crippen LogP contribution in [0.25, 0.3) is 0 Å². The van der Waals surface area contributed by atoms with Crippen molar-refractivity contribution in [2.24, 2.45) is 0 Å². The summed E-state index contributed by atoms with van der Waals surface area (Å²) in [6.07, 6.45) is 6.94. The van der Waals surface area contributed by atoms with E-state index in [1.807, 2.05) is 42.5 Å². The maximum absolute atomic E-state index is 12.8. The molecule has 2 heterocycles. The molecule has 31 heavy (non-hydrogen) atoms. The highest BCUT2D eigenvalue weighted by molar-refractivity contribution is 5.33. The summed E-state index contributed by atoms with van der Waals surface area (Å²) in [6, 6.07) is 18.0. The predicted molar refractivity (Wildman–Crippen MR) is 121 cm³/mol. The molecule has 0 unspecified atom stereocenters. The van der Waals surface area contributed by atoms with Gasteiger partial charge in [0, 0.05) is 32.0 Å². The smallest absolute Gasteiger partial charge is 0.255 e. The zero-order valence-corrected chi connectivity index (χ0v) is 17.8. The molecule has 1 aromatic heterocycles. The first-order chi connectivity index (χ1) is 15.2. The molecule has 5 heteroatoms. The van der Waals surface area contributed by atoms with Crippen molar-refractivity contribution in [2.45, 2.75) is 57.5 Å². The van der Waals surface area contributed by atoms with Crippen LogP contribution in [-0.2, 0) is 19.5 Å². The van der Waals surface area contributed by atoms with Crippen molar-refractivity contribution in [1.29, 1.82) is 0 Å². The quantitative estimate of drug-likeness (QED) is 0.625. The minimum atomic E-state index is 0.0573. The van der Waals surface area contributed by atoms with Crippen LogP contribution < -0.4 is 10.3 Å². The van der Waals surface area contributed by atoms with Gasteiger partial charge in [-0.2, -0.15) is 0 Å². The molecule has 0 bridgehead atoms. The van der Waals surface area contributed by atoms with E-state index in [0.717, 1.165) is 60.9 Å². The van der Waals surface area contributed by atoms with Crippen LogP contribution in [0, 0.1) is 0 Å². The van der Waals surface area contributed by atoms with Gasteiger partial charge < -0.3 is 9.72 Å². The van der Waals surface area contributed by atoms with Gasteiger partial charge in [-0.1, -0.05) is 49.6 Å². The Morgan fingerprint density at radius 1 is 0.968 bits per heavy atom. The molecule has 0 saturated heterocycles. The summed E-state index contributed by atoms with van der Waals surface area (Å²) < 4.78 is 5.88. The first-order valence-electron chi connectivity index (χ1n) is 11.4. The van der Waals surface area contributed by atoms with Gasteiger partial charge in [0.15, 0.2) is 0 Å². The largest absolute Gasteiger partial charge is 0.457 e. The Balaban J connectivity index is 1.24. The fraction of sp³-hybridized carbons (Fsp3) is 0.385. The summed E-state index contributed by atoms with van der Waals surface area (Å²) in [4.78, 5) is 23.1. The molecule has 0 amide bonds. The molecule has 3 aromatic rings. The second-order valence-electron chi connectivity index (χ2n) is 8.73. The van der Waals surface area contributed by atoms with Crippen LogP contribution in [-0.4, -0.2) is 21.4 Å². The van der Waals surface area contributed by atoms with Crippen molar-refractivity contribution in [3.05, 3.63) is 87.6 Å². The van der Waals surface area contributed by atoms with Crippen LogP contribution in [0.15, 0.2) is 59.4 Å². The Morgan fingerprint density at radius 2 is 1.71 bits per heavy atom. The van der Waals surface area contributed by atoms with Crippen molar-refractivity contribution >= 4 is 0 Å². The van der Waals surface area contributed by atoms with Crippen molar-refractivity contribution in [1.82, 2.24) is 14.9 Å². The van der Waals surface area contributed by atoms with Gasteiger partial charge in [-0.3, -0.25) is 9.69 Å². The summed E-state index contributed by atoms with van der Waals surface area (Å²) in [7, 11) is 0. The van der Waals surface area contributed by atoms with Crippen molar-refractivity contribution in [3.8, 4) is 11.5 Å². The third-order valence-corrected chi connectivity index (χ3v) is 6.47. The minimum absolute atomic E-state index is 0.0573. The number of aromatic amines is 1. The number of para-hydroxylation sites is 1. The maximum Gasteiger partial charge on any atom is 0.255 e. The highest BCUT2D eigenvalue weighted by Crippen LogP contribution is 2.31. The molecule has 1 saturated carbocycles. The number of nitrogens with zero attached hydrogens (tertiary/aromatic N) is 2. The normalized spacial score (nSPS) is 17.3. The van der Waals surface area contributed by atoms with Gasteiger partial charge in [-0.15, -0.1) is 0 Å². The zero-order valence-electron chi connectivity index (χ0n) is 17.8. The molecule has 0 radical (unpaired) electrons. The number of fused-ring (bicyclic) bond motifs is 1. The number of benzene rings is 2. The zero-order chi connectivity index (χ0) is 21.0. The average molecular weight is 416 g/mol. The van der Waals surface area contributed by atoms with Gasteiger partial charge >= 0.3 is 0 Å². The highest BCUT2D eigenvalue weighted by Gasteiger charge is 2.24. The molecule has 160 valence electrons. The van der Waals surface area contributed by atoms with E-state index in [0.29, 0.717) is 12.5 Å². The van der Waals surface area contributed by atoms with Crippen molar-refractivity contribution in [3.63, 3.8) is 0 Å². The first kappa shape index (κ1) is 20.0. The van der Waals surface area contributed by atoms with E-state index in [-0.39, 0.29) is 5.56 Å². The summed E-state index contributed by atoms with van der Waals surface area (Å²) in [6.45, 7) is 2.40. The van der Waals surface area contributed by atoms with E-state index in [1.54, 1.807) is 0 Å². The Kier molecular flexibility index (Phi) is 5.85. The lowest BCUT2D eigenvalue weighted by atomic mass is 9.88. The van der Waals surface area contributed by atoms with Gasteiger partial charge in [0.05, 0.1) is 11.3 Å². The Hall–Kier alpha value is -2.92. The van der Waals surface area contributed by atoms with E-state index in [2.05, 4.69) is 22.0 Å². The Morgan fingerprint density at radius 3 is 2.48 bits per heavy atom. The third-order valence-electron chi connectivity index (χ3n) is 6.47. The fourth-order valence-corrected chi connectivity index (χ4v) is 4.75.